The van der Waals surface area contributed by atoms with E-state index >= 15 is 4.39 Å². The molecule has 5 N–H and O–H groups in total. The molecule has 4 aliphatic rings. The SMILES string of the molecule is [N-]=[N+]=NC[C@@H]1O[C@H](O[C@H]2[C@@H](O)[C@H](O[C@@H]3[C@@H](O)[C@H](N=[N+]=[N-])C[C@H](N=[N+]=[N-])[C@H]3O[C@H]3O[C@H](CN=[N+]=[N-])[C@@H](OCc4ccccc4)[C@H](F)[C@H]3N=[N+]=[N-])O[C@@H]2CO)[C@H](N=[N+]=[N-])[C@@H](O)[C@@H]1O. The number of azide groups is 6. The Balaban J connectivity index is 1.44. The van der Waals surface area contributed by atoms with E-state index < -0.39 is 142 Å². The van der Waals surface area contributed by atoms with Gasteiger partial charge in [0, 0.05) is 29.5 Å². The molecule has 0 bridgehead atoms. The van der Waals surface area contributed by atoms with E-state index in [1.807, 2.05) is 0 Å². The van der Waals surface area contributed by atoms with Crippen molar-refractivity contribution in [3.8, 4) is 0 Å². The van der Waals surface area contributed by atoms with Gasteiger partial charge in [-0.2, -0.15) is 0 Å². The number of hydrogen-bond donors (Lipinski definition) is 5. The predicted molar refractivity (Wildman–Crippen MR) is 196 cm³/mol. The molecule has 328 valence electrons. The van der Waals surface area contributed by atoms with Crippen LogP contribution in [0.5, 0.6) is 0 Å². The van der Waals surface area contributed by atoms with E-state index in [9.17, 15) is 42.1 Å². The first-order valence-electron chi connectivity index (χ1n) is 18.3. The van der Waals surface area contributed by atoms with Gasteiger partial charge < -0.3 is 58.7 Å². The van der Waals surface area contributed by atoms with Crippen LogP contribution in [0.1, 0.15) is 12.0 Å². The van der Waals surface area contributed by atoms with Crippen molar-refractivity contribution in [2.24, 2.45) is 30.7 Å². The fourth-order valence-electron chi connectivity index (χ4n) is 7.32. The van der Waals surface area contributed by atoms with Crippen LogP contribution in [-0.2, 0) is 39.8 Å². The average Bonchev–Trinajstić information content (AvgIpc) is 3.55. The van der Waals surface area contributed by atoms with Gasteiger partial charge in [-0.05, 0) is 45.2 Å². The van der Waals surface area contributed by atoms with Crippen LogP contribution in [0.25, 0.3) is 62.7 Å². The van der Waals surface area contributed by atoms with Crippen LogP contribution in [0.3, 0.4) is 0 Å². The van der Waals surface area contributed by atoms with Crippen molar-refractivity contribution in [1.82, 2.24) is 0 Å². The van der Waals surface area contributed by atoms with Crippen LogP contribution < -0.4 is 0 Å². The highest BCUT2D eigenvalue weighted by molar-refractivity contribution is 5.14. The molecule has 0 radical (unpaired) electrons. The summed E-state index contributed by atoms with van der Waals surface area (Å²) in [4.78, 5) is 16.2. The van der Waals surface area contributed by atoms with E-state index in [2.05, 4.69) is 60.2 Å². The molecular weight excluding hydrogens is 823 g/mol. The van der Waals surface area contributed by atoms with Crippen LogP contribution in [-0.4, -0.2) is 162 Å². The van der Waals surface area contributed by atoms with Gasteiger partial charge in [-0.15, -0.1) is 0 Å². The topological polar surface area (TPSA) is 458 Å². The highest BCUT2D eigenvalue weighted by Gasteiger charge is 2.56. The average molecular weight is 863 g/mol. The van der Waals surface area contributed by atoms with Gasteiger partial charge in [0.15, 0.2) is 18.9 Å². The molecule has 0 amide bonds. The third-order valence-electron chi connectivity index (χ3n) is 10.2. The molecule has 3 saturated heterocycles. The summed E-state index contributed by atoms with van der Waals surface area (Å²) in [6, 6.07) is 2.28. The standard InChI is InChI=1S/C30H39FN18O12/c31-17-18(42-48-36)28(57-15(8-39-45-33)25(17)55-10-11-4-2-1-3-5-11)59-24-13(41-47-35)6-12(40-46-34)20(51)27(24)61-30-23(54)26(16(9-50)58-30)60-29-19(43-49-37)22(53)21(52)14(56-29)7-38-44-32/h1-5,12-30,50-54H,6-10H2/t12-,13+,14+,15-,16-,17-,18-,19-,20+,21-,22-,23-,24-,25-,26-,27-,28-,29-,30+/m1/s1. The molecule has 0 unspecified atom stereocenters. The summed E-state index contributed by atoms with van der Waals surface area (Å²) in [6.07, 6.45) is -26.5. The quantitative estimate of drug-likeness (QED) is 0.0807. The normalized spacial score (nSPS) is 39.4. The molecular formula is C30H39FN18O12. The van der Waals surface area contributed by atoms with Crippen LogP contribution >= 0.6 is 0 Å². The summed E-state index contributed by atoms with van der Waals surface area (Å²) >= 11 is 0. The maximum Gasteiger partial charge on any atom is 0.187 e. The van der Waals surface area contributed by atoms with Crippen molar-refractivity contribution >= 4 is 0 Å². The second kappa shape index (κ2) is 22.4. The zero-order chi connectivity index (χ0) is 44.1. The Bertz CT molecular complexity index is 1930. The van der Waals surface area contributed by atoms with Crippen molar-refractivity contribution in [2.45, 2.75) is 129 Å². The van der Waals surface area contributed by atoms with Gasteiger partial charge in [-0.25, -0.2) is 4.39 Å². The molecule has 31 heteroatoms. The van der Waals surface area contributed by atoms with E-state index in [1.54, 1.807) is 30.3 Å². The molecule has 5 rings (SSSR count). The minimum Gasteiger partial charge on any atom is -0.394 e. The number of hydrogen-bond acceptors (Lipinski definition) is 18. The number of alkyl halides is 1. The smallest absolute Gasteiger partial charge is 0.187 e. The van der Waals surface area contributed by atoms with Crippen molar-refractivity contribution in [1.29, 1.82) is 0 Å². The number of nitrogens with zero attached hydrogens (tertiary/aromatic N) is 18. The molecule has 30 nitrogen and oxygen atoms in total. The van der Waals surface area contributed by atoms with E-state index in [4.69, 9.17) is 49.8 Å². The largest absolute Gasteiger partial charge is 0.394 e. The number of ether oxygens (including phenoxy) is 7. The zero-order valence-corrected chi connectivity index (χ0v) is 31.4. The fraction of sp³-hybridized carbons (Fsp3) is 0.800. The molecule has 0 aromatic heterocycles. The maximum atomic E-state index is 16.5. The van der Waals surface area contributed by atoms with Crippen LogP contribution in [0.4, 0.5) is 4.39 Å². The summed E-state index contributed by atoms with van der Waals surface area (Å²) < 4.78 is 57.7. The van der Waals surface area contributed by atoms with Crippen molar-refractivity contribution in [2.75, 3.05) is 19.7 Å². The van der Waals surface area contributed by atoms with E-state index in [-0.39, 0.29) is 6.61 Å². The highest BCUT2D eigenvalue weighted by atomic mass is 19.1. The van der Waals surface area contributed by atoms with Gasteiger partial charge >= 0.3 is 0 Å². The number of halogens is 1. The van der Waals surface area contributed by atoms with Crippen molar-refractivity contribution in [3.05, 3.63) is 98.6 Å². The van der Waals surface area contributed by atoms with Crippen molar-refractivity contribution < 1.29 is 63.1 Å². The molecule has 1 aromatic rings. The lowest BCUT2D eigenvalue weighted by atomic mass is 9.84. The van der Waals surface area contributed by atoms with Gasteiger partial charge in [-0.1, -0.05) is 61.0 Å². The lowest BCUT2D eigenvalue weighted by Gasteiger charge is -2.47. The molecule has 1 aliphatic carbocycles. The molecule has 0 spiro atoms. The zero-order valence-electron chi connectivity index (χ0n) is 31.4. The van der Waals surface area contributed by atoms with E-state index in [1.165, 1.54) is 0 Å². The number of aliphatic hydroxyl groups excluding tert-OH is 5. The summed E-state index contributed by atoms with van der Waals surface area (Å²) in [6.45, 7) is -2.05. The maximum absolute atomic E-state index is 16.5. The van der Waals surface area contributed by atoms with E-state index in [0.717, 1.165) is 0 Å². The first kappa shape index (κ1) is 46.6. The van der Waals surface area contributed by atoms with Gasteiger partial charge in [0.2, 0.25) is 0 Å². The number of benzene rings is 1. The summed E-state index contributed by atoms with van der Waals surface area (Å²) in [5, 5.41) is 75.5. The summed E-state index contributed by atoms with van der Waals surface area (Å²) in [7, 11) is 0. The molecule has 3 heterocycles. The molecule has 1 saturated carbocycles. The number of aliphatic hydroxyl groups is 5. The molecule has 61 heavy (non-hydrogen) atoms. The van der Waals surface area contributed by atoms with Crippen LogP contribution in [0.2, 0.25) is 0 Å². The minimum absolute atomic E-state index is 0.137. The predicted octanol–water partition coefficient (Wildman–Crippen LogP) is 2.42. The Morgan fingerprint density at radius 1 is 0.590 bits per heavy atom. The molecule has 19 atom stereocenters. The van der Waals surface area contributed by atoms with Gasteiger partial charge in [0.25, 0.3) is 0 Å². The van der Waals surface area contributed by atoms with Crippen LogP contribution in [0, 0.1) is 0 Å². The summed E-state index contributed by atoms with van der Waals surface area (Å²) in [5.41, 5.74) is 55.9. The Morgan fingerprint density at radius 2 is 1.15 bits per heavy atom. The molecule has 4 fully saturated rings. The molecule has 1 aromatic carbocycles. The summed E-state index contributed by atoms with van der Waals surface area (Å²) in [5.74, 6) is 0. The Labute approximate surface area is 341 Å². The van der Waals surface area contributed by atoms with Gasteiger partial charge in [0.05, 0.1) is 68.9 Å². The fourth-order valence-corrected chi connectivity index (χ4v) is 7.32. The third-order valence-corrected chi connectivity index (χ3v) is 10.2. The van der Waals surface area contributed by atoms with Crippen molar-refractivity contribution in [3.63, 3.8) is 0 Å². The first-order chi connectivity index (χ1) is 29.5. The molecule has 3 aliphatic heterocycles. The number of rotatable bonds is 18. The second-order valence-corrected chi connectivity index (χ2v) is 13.8. The highest BCUT2D eigenvalue weighted by Crippen LogP contribution is 2.38. The van der Waals surface area contributed by atoms with Gasteiger partial charge in [0.1, 0.15) is 54.9 Å². The minimum atomic E-state index is -2.19. The van der Waals surface area contributed by atoms with Crippen LogP contribution in [0.15, 0.2) is 61.0 Å². The lowest BCUT2D eigenvalue weighted by molar-refractivity contribution is -0.306. The lowest BCUT2D eigenvalue weighted by Crippen LogP contribution is -2.63. The third kappa shape index (κ3) is 10.9. The van der Waals surface area contributed by atoms with Gasteiger partial charge in [-0.3, -0.25) is 0 Å². The Hall–Kier alpha value is -5.47. The second-order valence-electron chi connectivity index (χ2n) is 13.8. The monoisotopic (exact) mass is 862 g/mol. The Kier molecular flexibility index (Phi) is 17.1. The van der Waals surface area contributed by atoms with E-state index in [0.29, 0.717) is 5.56 Å². The first-order valence-corrected chi connectivity index (χ1v) is 18.3. The Morgan fingerprint density at radius 3 is 1.79 bits per heavy atom.